The van der Waals surface area contributed by atoms with E-state index in [2.05, 4.69) is 195 Å². The van der Waals surface area contributed by atoms with Crippen LogP contribution in [0.2, 0.25) is 0 Å². The number of fused-ring (bicyclic) bond motifs is 2. The zero-order valence-electron chi connectivity index (χ0n) is 33.6. The molecule has 4 heteroatoms. The fourth-order valence-electron chi connectivity index (χ4n) is 8.44. The molecule has 0 atom stereocenters. The number of rotatable bonds is 13. The molecule has 9 aromatic rings. The molecule has 0 aliphatic carbocycles. The molecular formula is C56H46O4. The Balaban J connectivity index is 1.18. The van der Waals surface area contributed by atoms with Crippen molar-refractivity contribution < 1.29 is 19.7 Å². The Morgan fingerprint density at radius 3 is 1.23 bits per heavy atom. The molecule has 0 unspecified atom stereocenters. The van der Waals surface area contributed by atoms with E-state index in [1.54, 1.807) is 0 Å². The lowest BCUT2D eigenvalue weighted by Gasteiger charge is -2.33. The summed E-state index contributed by atoms with van der Waals surface area (Å²) in [6, 6.07) is 70.7. The van der Waals surface area contributed by atoms with Crippen molar-refractivity contribution in [3.8, 4) is 56.0 Å². The third kappa shape index (κ3) is 7.67. The van der Waals surface area contributed by atoms with Gasteiger partial charge in [0.15, 0.2) is 0 Å². The highest BCUT2D eigenvalue weighted by molar-refractivity contribution is 5.89. The number of hydrogen-bond acceptors (Lipinski definition) is 4. The summed E-state index contributed by atoms with van der Waals surface area (Å²) < 4.78 is 12.5. The molecule has 60 heavy (non-hydrogen) atoms. The van der Waals surface area contributed by atoms with Gasteiger partial charge in [-0.25, -0.2) is 0 Å². The van der Waals surface area contributed by atoms with Crippen LogP contribution in [0.4, 0.5) is 0 Å². The quantitative estimate of drug-likeness (QED) is 0.114. The molecule has 0 radical (unpaired) electrons. The van der Waals surface area contributed by atoms with Gasteiger partial charge in [0.1, 0.15) is 24.7 Å². The van der Waals surface area contributed by atoms with E-state index in [0.29, 0.717) is 11.5 Å². The normalized spacial score (nSPS) is 11.5. The number of aliphatic hydroxyl groups excluding tert-OH is 2. The van der Waals surface area contributed by atoms with Crippen molar-refractivity contribution in [3.63, 3.8) is 0 Å². The van der Waals surface area contributed by atoms with Gasteiger partial charge in [0.2, 0.25) is 0 Å². The van der Waals surface area contributed by atoms with Gasteiger partial charge in [0.05, 0.1) is 13.2 Å². The molecule has 2 N–H and O–H groups in total. The van der Waals surface area contributed by atoms with E-state index in [0.717, 1.165) is 61.2 Å². The second-order valence-electron chi connectivity index (χ2n) is 15.3. The molecule has 0 amide bonds. The molecule has 0 aliphatic heterocycles. The minimum Gasteiger partial charge on any atom is -0.491 e. The summed E-state index contributed by atoms with van der Waals surface area (Å²) >= 11 is 0. The molecule has 9 rings (SSSR count). The van der Waals surface area contributed by atoms with Crippen LogP contribution in [0.1, 0.15) is 23.6 Å². The molecule has 4 nitrogen and oxygen atoms in total. The van der Waals surface area contributed by atoms with Gasteiger partial charge in [-0.3, -0.25) is 0 Å². The second kappa shape index (κ2) is 17.1. The first-order chi connectivity index (χ1) is 29.5. The molecule has 0 saturated heterocycles. The van der Waals surface area contributed by atoms with Crippen LogP contribution in [-0.2, 0) is 5.41 Å². The molecule has 0 aliphatic rings. The van der Waals surface area contributed by atoms with Crippen molar-refractivity contribution in [3.05, 3.63) is 217 Å². The van der Waals surface area contributed by atoms with Crippen molar-refractivity contribution in [1.82, 2.24) is 0 Å². The maximum Gasteiger partial charge on any atom is 0.127 e. The van der Waals surface area contributed by atoms with Gasteiger partial charge in [0, 0.05) is 16.5 Å². The van der Waals surface area contributed by atoms with Crippen molar-refractivity contribution in [1.29, 1.82) is 0 Å². The molecule has 294 valence electrons. The molecule has 0 bridgehead atoms. The summed E-state index contributed by atoms with van der Waals surface area (Å²) in [7, 11) is 0. The molecule has 0 heterocycles. The Kier molecular flexibility index (Phi) is 11.0. The van der Waals surface area contributed by atoms with Crippen LogP contribution in [0.15, 0.2) is 200 Å². The SMILES string of the molecule is CC(c1ccccc1)(c1ccc(OCCO)c(-c2cccc(-c3ccc4ccccc4c3)c2)c1)c1ccc(OCCO)c(-c2cccc(-c3ccc4ccccc4c3)c2)c1. The predicted octanol–water partition coefficient (Wildman–Crippen LogP) is 12.8. The first kappa shape index (κ1) is 38.5. The van der Waals surface area contributed by atoms with E-state index in [1.807, 2.05) is 12.1 Å². The molecule has 0 saturated carbocycles. The summed E-state index contributed by atoms with van der Waals surface area (Å²) in [6.07, 6.45) is 0. The van der Waals surface area contributed by atoms with E-state index in [-0.39, 0.29) is 26.4 Å². The zero-order chi connectivity index (χ0) is 40.9. The smallest absolute Gasteiger partial charge is 0.127 e. The van der Waals surface area contributed by atoms with Crippen molar-refractivity contribution in [2.24, 2.45) is 0 Å². The van der Waals surface area contributed by atoms with Gasteiger partial charge in [0.25, 0.3) is 0 Å². The summed E-state index contributed by atoms with van der Waals surface area (Å²) in [5.74, 6) is 1.41. The number of hydrogen-bond donors (Lipinski definition) is 2. The fourth-order valence-corrected chi connectivity index (χ4v) is 8.44. The summed E-state index contributed by atoms with van der Waals surface area (Å²) in [6.45, 7) is 2.47. The van der Waals surface area contributed by atoms with E-state index in [1.165, 1.54) is 21.5 Å². The third-order valence-electron chi connectivity index (χ3n) is 11.7. The highest BCUT2D eigenvalue weighted by Crippen LogP contribution is 2.45. The Hall–Kier alpha value is -6.98. The Labute approximate surface area is 351 Å². The molecular weight excluding hydrogens is 737 g/mol. The van der Waals surface area contributed by atoms with Crippen LogP contribution in [0, 0.1) is 0 Å². The predicted molar refractivity (Wildman–Crippen MR) is 247 cm³/mol. The van der Waals surface area contributed by atoms with Crippen LogP contribution in [0.25, 0.3) is 66.1 Å². The topological polar surface area (TPSA) is 58.9 Å². The lowest BCUT2D eigenvalue weighted by atomic mass is 9.70. The van der Waals surface area contributed by atoms with Gasteiger partial charge >= 0.3 is 0 Å². The van der Waals surface area contributed by atoms with Crippen molar-refractivity contribution in [2.45, 2.75) is 12.3 Å². The average molecular weight is 783 g/mol. The zero-order valence-corrected chi connectivity index (χ0v) is 33.6. The van der Waals surface area contributed by atoms with E-state index < -0.39 is 5.41 Å². The van der Waals surface area contributed by atoms with Crippen LogP contribution >= 0.6 is 0 Å². The van der Waals surface area contributed by atoms with Crippen LogP contribution < -0.4 is 9.47 Å². The van der Waals surface area contributed by atoms with Crippen molar-refractivity contribution >= 4 is 21.5 Å². The van der Waals surface area contributed by atoms with Gasteiger partial charge in [-0.15, -0.1) is 0 Å². The third-order valence-corrected chi connectivity index (χ3v) is 11.7. The van der Waals surface area contributed by atoms with Crippen LogP contribution in [0.5, 0.6) is 11.5 Å². The van der Waals surface area contributed by atoms with Crippen LogP contribution in [0.3, 0.4) is 0 Å². The van der Waals surface area contributed by atoms with Gasteiger partial charge < -0.3 is 19.7 Å². The monoisotopic (exact) mass is 782 g/mol. The minimum absolute atomic E-state index is 0.0877. The largest absolute Gasteiger partial charge is 0.491 e. The number of aliphatic hydroxyl groups is 2. The van der Waals surface area contributed by atoms with E-state index >= 15 is 0 Å². The first-order valence-electron chi connectivity index (χ1n) is 20.5. The van der Waals surface area contributed by atoms with E-state index in [4.69, 9.17) is 9.47 Å². The lowest BCUT2D eigenvalue weighted by Crippen LogP contribution is -2.25. The van der Waals surface area contributed by atoms with Crippen molar-refractivity contribution in [2.75, 3.05) is 26.4 Å². The van der Waals surface area contributed by atoms with Gasteiger partial charge in [-0.1, -0.05) is 152 Å². The molecule has 9 aromatic carbocycles. The fraction of sp³-hybridized carbons (Fsp3) is 0.107. The Bertz CT molecular complexity index is 2750. The number of ether oxygens (including phenoxy) is 2. The summed E-state index contributed by atoms with van der Waals surface area (Å²) in [5, 5.41) is 24.4. The Morgan fingerprint density at radius 1 is 0.350 bits per heavy atom. The van der Waals surface area contributed by atoms with Gasteiger partial charge in [-0.2, -0.15) is 0 Å². The van der Waals surface area contributed by atoms with Crippen LogP contribution in [-0.4, -0.2) is 36.6 Å². The Morgan fingerprint density at radius 2 is 0.767 bits per heavy atom. The lowest BCUT2D eigenvalue weighted by molar-refractivity contribution is 0.202. The molecule has 0 fully saturated rings. The standard InChI is InChI=1S/C56H46O4/c1-56(49-19-3-2-4-20-49,50-25-27-54(59-31-29-57)52(37-50)47-17-9-15-43(35-47)45-23-21-39-11-5-7-13-41(39)33-45)51-26-28-55(60-32-30-58)53(38-51)48-18-10-16-44(36-48)46-24-22-40-12-6-8-14-42(40)34-46/h2-28,33-38,57-58H,29-32H2,1H3. The second-order valence-corrected chi connectivity index (χ2v) is 15.3. The highest BCUT2D eigenvalue weighted by Gasteiger charge is 2.33. The molecule has 0 aromatic heterocycles. The van der Waals surface area contributed by atoms with E-state index in [9.17, 15) is 10.2 Å². The van der Waals surface area contributed by atoms with Gasteiger partial charge in [-0.05, 0) is 127 Å². The maximum absolute atomic E-state index is 9.82. The number of benzene rings is 9. The average Bonchev–Trinajstić information content (AvgIpc) is 3.32. The molecule has 0 spiro atoms. The summed E-state index contributed by atoms with van der Waals surface area (Å²) in [4.78, 5) is 0. The minimum atomic E-state index is -0.623. The highest BCUT2D eigenvalue weighted by atomic mass is 16.5. The first-order valence-corrected chi connectivity index (χ1v) is 20.5. The maximum atomic E-state index is 9.82. The summed E-state index contributed by atoms with van der Waals surface area (Å²) in [5.41, 5.74) is 11.1.